The fourth-order valence-corrected chi connectivity index (χ4v) is 1.95. The van der Waals surface area contributed by atoms with Crippen LogP contribution in [0.2, 0.25) is 0 Å². The number of hydrogen-bond donors (Lipinski definition) is 1. The van der Waals surface area contributed by atoms with Gasteiger partial charge >= 0.3 is 0 Å². The minimum Gasteiger partial charge on any atom is -0.495 e. The van der Waals surface area contributed by atoms with Gasteiger partial charge in [-0.15, -0.1) is 0 Å². The lowest BCUT2D eigenvalue weighted by Crippen LogP contribution is -2.11. The molecule has 1 N–H and O–H groups in total. The number of methoxy groups -OCH3 is 1. The van der Waals surface area contributed by atoms with Gasteiger partial charge in [-0.05, 0) is 18.2 Å². The van der Waals surface area contributed by atoms with E-state index in [0.717, 1.165) is 0 Å². The van der Waals surface area contributed by atoms with Crippen LogP contribution in [0.5, 0.6) is 5.75 Å². The van der Waals surface area contributed by atoms with E-state index in [1.807, 2.05) is 0 Å². The summed E-state index contributed by atoms with van der Waals surface area (Å²) in [4.78, 5) is 11.2. The van der Waals surface area contributed by atoms with E-state index in [1.165, 1.54) is 25.3 Å². The van der Waals surface area contributed by atoms with E-state index >= 15 is 0 Å². The summed E-state index contributed by atoms with van der Waals surface area (Å²) in [5.41, 5.74) is 0.279. The number of nitrogens with one attached hydrogen (secondary N) is 1. The molecule has 0 saturated carbocycles. The lowest BCUT2D eigenvalue weighted by molar-refractivity contribution is -0.115. The van der Waals surface area contributed by atoms with Gasteiger partial charge in [0.25, 0.3) is 9.05 Å². The van der Waals surface area contributed by atoms with Crippen molar-refractivity contribution >= 4 is 31.3 Å². The first-order valence-corrected chi connectivity index (χ1v) is 7.12. The summed E-state index contributed by atoms with van der Waals surface area (Å²) in [7, 11) is 2.81. The third-order valence-electron chi connectivity index (χ3n) is 2.05. The van der Waals surface area contributed by atoms with Gasteiger partial charge < -0.3 is 10.1 Å². The molecular formula is C10H12ClNO4S. The molecule has 0 atom stereocenters. The van der Waals surface area contributed by atoms with Gasteiger partial charge in [-0.2, -0.15) is 0 Å². The van der Waals surface area contributed by atoms with Crippen molar-refractivity contribution in [2.45, 2.75) is 18.2 Å². The third kappa shape index (κ3) is 3.61. The van der Waals surface area contributed by atoms with Crippen LogP contribution >= 0.6 is 10.7 Å². The van der Waals surface area contributed by atoms with Gasteiger partial charge in [-0.1, -0.05) is 6.92 Å². The summed E-state index contributed by atoms with van der Waals surface area (Å²) in [6.45, 7) is 1.68. The summed E-state index contributed by atoms with van der Waals surface area (Å²) in [5.74, 6) is 0.128. The number of anilines is 1. The molecule has 0 aliphatic heterocycles. The highest BCUT2D eigenvalue weighted by molar-refractivity contribution is 8.13. The van der Waals surface area contributed by atoms with E-state index in [4.69, 9.17) is 15.4 Å². The highest BCUT2D eigenvalue weighted by Crippen LogP contribution is 2.28. The molecule has 0 aliphatic carbocycles. The second kappa shape index (κ2) is 5.37. The van der Waals surface area contributed by atoms with E-state index < -0.39 is 9.05 Å². The maximum atomic E-state index is 11.3. The van der Waals surface area contributed by atoms with Crippen molar-refractivity contribution < 1.29 is 17.9 Å². The number of amides is 1. The predicted molar refractivity (Wildman–Crippen MR) is 65.0 cm³/mol. The minimum atomic E-state index is -3.83. The molecule has 17 heavy (non-hydrogen) atoms. The van der Waals surface area contributed by atoms with Crippen LogP contribution in [0.1, 0.15) is 13.3 Å². The van der Waals surface area contributed by atoms with E-state index in [9.17, 15) is 13.2 Å². The first-order valence-electron chi connectivity index (χ1n) is 4.81. The number of hydrogen-bond acceptors (Lipinski definition) is 4. The van der Waals surface area contributed by atoms with Crippen LogP contribution in [0.4, 0.5) is 5.69 Å². The zero-order chi connectivity index (χ0) is 13.1. The van der Waals surface area contributed by atoms with Crippen molar-refractivity contribution in [2.75, 3.05) is 12.4 Å². The molecule has 1 aromatic rings. The molecule has 0 radical (unpaired) electrons. The largest absolute Gasteiger partial charge is 0.495 e. The van der Waals surface area contributed by atoms with Crippen LogP contribution in [0, 0.1) is 0 Å². The van der Waals surface area contributed by atoms with Crippen LogP contribution < -0.4 is 10.1 Å². The van der Waals surface area contributed by atoms with Gasteiger partial charge in [-0.25, -0.2) is 8.42 Å². The predicted octanol–water partition coefficient (Wildman–Crippen LogP) is 1.97. The summed E-state index contributed by atoms with van der Waals surface area (Å²) in [5, 5.41) is 2.54. The summed E-state index contributed by atoms with van der Waals surface area (Å²) < 4.78 is 27.3. The van der Waals surface area contributed by atoms with E-state index in [1.54, 1.807) is 6.92 Å². The number of carbonyl (C=O) groups is 1. The zero-order valence-corrected chi connectivity index (χ0v) is 10.9. The molecule has 0 fully saturated rings. The maximum Gasteiger partial charge on any atom is 0.261 e. The SMILES string of the molecule is CCC(=O)Nc1cc(S(=O)(=O)Cl)ccc1OC. The molecule has 5 nitrogen and oxygen atoms in total. The van der Waals surface area contributed by atoms with E-state index in [-0.39, 0.29) is 22.9 Å². The molecule has 1 amide bonds. The first kappa shape index (κ1) is 13.8. The van der Waals surface area contributed by atoms with Gasteiger partial charge in [0, 0.05) is 17.1 Å². The van der Waals surface area contributed by atoms with E-state index in [0.29, 0.717) is 5.75 Å². The average Bonchev–Trinajstić information content (AvgIpc) is 2.27. The number of benzene rings is 1. The fraction of sp³-hybridized carbons (Fsp3) is 0.300. The lowest BCUT2D eigenvalue weighted by Gasteiger charge is -2.10. The Bertz CT molecular complexity index is 527. The van der Waals surface area contributed by atoms with Gasteiger partial charge in [0.1, 0.15) is 5.75 Å². The van der Waals surface area contributed by atoms with Gasteiger partial charge in [0.15, 0.2) is 0 Å². The highest BCUT2D eigenvalue weighted by atomic mass is 35.7. The van der Waals surface area contributed by atoms with Crippen molar-refractivity contribution in [1.82, 2.24) is 0 Å². The quantitative estimate of drug-likeness (QED) is 0.854. The summed E-state index contributed by atoms with van der Waals surface area (Å²) in [6.07, 6.45) is 0.279. The third-order valence-corrected chi connectivity index (χ3v) is 3.40. The molecule has 0 spiro atoms. The smallest absolute Gasteiger partial charge is 0.261 e. The molecule has 0 saturated heterocycles. The van der Waals surface area contributed by atoms with Gasteiger partial charge in [0.2, 0.25) is 5.91 Å². The Balaban J connectivity index is 3.20. The Hall–Kier alpha value is -1.27. The number of carbonyl (C=O) groups excluding carboxylic acids is 1. The Morgan fingerprint density at radius 3 is 2.59 bits per heavy atom. The Morgan fingerprint density at radius 2 is 2.12 bits per heavy atom. The molecule has 0 aromatic heterocycles. The van der Waals surface area contributed by atoms with Crippen LogP contribution in [-0.2, 0) is 13.8 Å². The molecule has 0 unspecified atom stereocenters. The minimum absolute atomic E-state index is 0.0913. The average molecular weight is 278 g/mol. The molecule has 1 rings (SSSR count). The van der Waals surface area contributed by atoms with Crippen LogP contribution in [0.15, 0.2) is 23.1 Å². The first-order chi connectivity index (χ1) is 7.88. The monoisotopic (exact) mass is 277 g/mol. The van der Waals surface area contributed by atoms with Crippen molar-refractivity contribution in [3.8, 4) is 5.75 Å². The number of rotatable bonds is 4. The number of ether oxygens (including phenoxy) is 1. The molecule has 0 bridgehead atoms. The van der Waals surface area contributed by atoms with Gasteiger partial charge in [0.05, 0.1) is 17.7 Å². The molecular weight excluding hydrogens is 266 g/mol. The second-order valence-electron chi connectivity index (χ2n) is 3.20. The molecule has 1 aromatic carbocycles. The lowest BCUT2D eigenvalue weighted by atomic mass is 10.3. The Kier molecular flexibility index (Phi) is 4.36. The maximum absolute atomic E-state index is 11.3. The van der Waals surface area contributed by atoms with Crippen molar-refractivity contribution in [2.24, 2.45) is 0 Å². The number of halogens is 1. The Labute approximate surface area is 104 Å². The molecule has 0 heterocycles. The standard InChI is InChI=1S/C10H12ClNO4S/c1-3-10(13)12-8-6-7(17(11,14)15)4-5-9(8)16-2/h4-6H,3H2,1-2H3,(H,12,13). The molecule has 94 valence electrons. The topological polar surface area (TPSA) is 72.5 Å². The fourth-order valence-electron chi connectivity index (χ4n) is 1.18. The van der Waals surface area contributed by atoms with Gasteiger partial charge in [-0.3, -0.25) is 4.79 Å². The summed E-state index contributed by atoms with van der Waals surface area (Å²) in [6, 6.07) is 4.00. The Morgan fingerprint density at radius 1 is 1.47 bits per heavy atom. The normalized spacial score (nSPS) is 11.0. The van der Waals surface area contributed by atoms with Crippen molar-refractivity contribution in [3.05, 3.63) is 18.2 Å². The second-order valence-corrected chi connectivity index (χ2v) is 5.77. The van der Waals surface area contributed by atoms with Crippen LogP contribution in [-0.4, -0.2) is 21.4 Å². The van der Waals surface area contributed by atoms with Crippen molar-refractivity contribution in [1.29, 1.82) is 0 Å². The van der Waals surface area contributed by atoms with Crippen LogP contribution in [0.25, 0.3) is 0 Å². The van der Waals surface area contributed by atoms with E-state index in [2.05, 4.69) is 5.32 Å². The highest BCUT2D eigenvalue weighted by Gasteiger charge is 2.14. The molecule has 0 aliphatic rings. The zero-order valence-electron chi connectivity index (χ0n) is 9.36. The molecule has 7 heteroatoms. The van der Waals surface area contributed by atoms with Crippen molar-refractivity contribution in [3.63, 3.8) is 0 Å². The van der Waals surface area contributed by atoms with Crippen LogP contribution in [0.3, 0.4) is 0 Å². The summed E-state index contributed by atoms with van der Waals surface area (Å²) >= 11 is 0.